The van der Waals surface area contributed by atoms with E-state index in [-0.39, 0.29) is 0 Å². The van der Waals surface area contributed by atoms with Crippen LogP contribution in [-0.2, 0) is 0 Å². The fraction of sp³-hybridized carbons (Fsp3) is 0.571. The molecule has 0 rings (SSSR count). The van der Waals surface area contributed by atoms with Gasteiger partial charge in [0.1, 0.15) is 0 Å². The van der Waals surface area contributed by atoms with E-state index in [0.717, 1.165) is 19.3 Å². The van der Waals surface area contributed by atoms with Crippen molar-refractivity contribution in [2.24, 2.45) is 0 Å². The summed E-state index contributed by atoms with van der Waals surface area (Å²) < 4.78 is 0. The molecule has 0 aliphatic rings. The summed E-state index contributed by atoms with van der Waals surface area (Å²) in [5.74, 6) is 0. The maximum Gasteiger partial charge on any atom is -0.0288 e. The van der Waals surface area contributed by atoms with Gasteiger partial charge in [-0.25, -0.2) is 0 Å². The van der Waals surface area contributed by atoms with Gasteiger partial charge in [-0.1, -0.05) is 81.5 Å². The lowest BCUT2D eigenvalue weighted by atomic mass is 10.0. The summed E-state index contributed by atoms with van der Waals surface area (Å²) in [5, 5.41) is 0. The molecular formula is C35H57. The Bertz CT molecular complexity index is 782. The largest absolute Gasteiger partial charge is 0.0856 e. The molecule has 0 nitrogen and oxygen atoms in total. The lowest BCUT2D eigenvalue weighted by molar-refractivity contribution is 0.883. The van der Waals surface area contributed by atoms with E-state index in [1.165, 1.54) is 96.8 Å². The van der Waals surface area contributed by atoms with Crippen LogP contribution in [0.1, 0.15) is 132 Å². The van der Waals surface area contributed by atoms with E-state index in [0.29, 0.717) is 0 Å². The predicted molar refractivity (Wildman–Crippen MR) is 163 cm³/mol. The van der Waals surface area contributed by atoms with Gasteiger partial charge < -0.3 is 0 Å². The van der Waals surface area contributed by atoms with Gasteiger partial charge in [0.2, 0.25) is 0 Å². The first-order chi connectivity index (χ1) is 16.6. The van der Waals surface area contributed by atoms with Crippen molar-refractivity contribution >= 4 is 0 Å². The molecule has 0 fully saturated rings. The average Bonchev–Trinajstić information content (AvgIpc) is 2.78. The summed E-state index contributed by atoms with van der Waals surface area (Å²) in [6.07, 6.45) is 30.5. The molecule has 0 aliphatic carbocycles. The van der Waals surface area contributed by atoms with Gasteiger partial charge in [-0.15, -0.1) is 0 Å². The second kappa shape index (κ2) is 21.5. The van der Waals surface area contributed by atoms with Crippen LogP contribution in [0, 0.1) is 6.92 Å². The zero-order valence-electron chi connectivity index (χ0n) is 24.7. The Balaban J connectivity index is 4.13. The monoisotopic (exact) mass is 477 g/mol. The zero-order chi connectivity index (χ0) is 26.5. The van der Waals surface area contributed by atoms with E-state index in [2.05, 4.69) is 98.8 Å². The highest BCUT2D eigenvalue weighted by Crippen LogP contribution is 2.16. The van der Waals surface area contributed by atoms with E-state index in [9.17, 15) is 0 Å². The van der Waals surface area contributed by atoms with Gasteiger partial charge in [0, 0.05) is 0 Å². The highest BCUT2D eigenvalue weighted by molar-refractivity contribution is 5.09. The van der Waals surface area contributed by atoms with Crippen LogP contribution in [0.3, 0.4) is 0 Å². The fourth-order valence-electron chi connectivity index (χ4n) is 3.93. The number of hydrogen-bond donors (Lipinski definition) is 0. The van der Waals surface area contributed by atoms with Crippen molar-refractivity contribution in [2.75, 3.05) is 0 Å². The molecule has 0 aromatic rings. The first-order valence-corrected chi connectivity index (χ1v) is 14.0. The standard InChI is InChI=1S/C35H57/c1-10-30(4)18-12-20-32(6)22-14-24-34(8)26-16-28-35(9)27-15-25-33(7)23-13-21-31(5)19-11-17-29(2)3/h10,17,20-21,24-25,28H,1,11-16,18-19,22-23,26-27H2,2-9H3/b30-10+,31-21+,32-20+,33-25+,34-24+,35-28+. The number of rotatable bonds is 18. The minimum atomic E-state index is 1.13. The maximum atomic E-state index is 3.83. The maximum absolute atomic E-state index is 3.83. The van der Waals surface area contributed by atoms with Gasteiger partial charge in [-0.05, 0) is 139 Å². The van der Waals surface area contributed by atoms with Gasteiger partial charge in [-0.3, -0.25) is 0 Å². The topological polar surface area (TPSA) is 0 Å². The molecule has 0 saturated heterocycles. The van der Waals surface area contributed by atoms with Crippen LogP contribution < -0.4 is 0 Å². The lowest BCUT2D eigenvalue weighted by Gasteiger charge is -2.04. The number of hydrogen-bond acceptors (Lipinski definition) is 0. The molecule has 0 atom stereocenters. The van der Waals surface area contributed by atoms with Gasteiger partial charge in [0.15, 0.2) is 0 Å². The summed E-state index contributed by atoms with van der Waals surface area (Å²) in [6, 6.07) is 0. The predicted octanol–water partition coefficient (Wildman–Crippen LogP) is 12.1. The molecule has 0 spiro atoms. The average molecular weight is 478 g/mol. The minimum absolute atomic E-state index is 1.13. The van der Waals surface area contributed by atoms with Crippen LogP contribution in [0.4, 0.5) is 0 Å². The highest BCUT2D eigenvalue weighted by Gasteiger charge is 1.96. The van der Waals surface area contributed by atoms with Crippen LogP contribution in [0.25, 0.3) is 0 Å². The molecule has 0 saturated carbocycles. The molecule has 1 radical (unpaired) electrons. The van der Waals surface area contributed by atoms with Crippen molar-refractivity contribution in [3.05, 3.63) is 88.5 Å². The lowest BCUT2D eigenvalue weighted by Crippen LogP contribution is -1.83. The second-order valence-corrected chi connectivity index (χ2v) is 10.8. The van der Waals surface area contributed by atoms with E-state index in [4.69, 9.17) is 0 Å². The fourth-order valence-corrected chi connectivity index (χ4v) is 3.93. The molecule has 35 heavy (non-hydrogen) atoms. The van der Waals surface area contributed by atoms with Gasteiger partial charge in [0.05, 0.1) is 0 Å². The number of allylic oxidation sites excluding steroid dienone is 14. The van der Waals surface area contributed by atoms with E-state index in [1.54, 1.807) is 0 Å². The SMILES string of the molecule is [CH2]/C=C(\C)CC/C=C(\C)CC/C=C(\C)CC/C=C(\C)CC/C=C(\C)CC/C=C(\C)CCC=C(C)C. The summed E-state index contributed by atoms with van der Waals surface area (Å²) in [4.78, 5) is 0. The minimum Gasteiger partial charge on any atom is -0.0856 e. The summed E-state index contributed by atoms with van der Waals surface area (Å²) in [6.45, 7) is 21.8. The van der Waals surface area contributed by atoms with Gasteiger partial charge in [-0.2, -0.15) is 0 Å². The van der Waals surface area contributed by atoms with E-state index >= 15 is 0 Å². The Kier molecular flexibility index (Phi) is 20.3. The third kappa shape index (κ3) is 22.4. The molecule has 0 heteroatoms. The highest BCUT2D eigenvalue weighted by atomic mass is 14.0. The molecule has 0 amide bonds. The van der Waals surface area contributed by atoms with Crippen LogP contribution in [0.5, 0.6) is 0 Å². The van der Waals surface area contributed by atoms with Crippen molar-refractivity contribution in [2.45, 2.75) is 132 Å². The van der Waals surface area contributed by atoms with Gasteiger partial charge >= 0.3 is 0 Å². The molecule has 0 aliphatic heterocycles. The van der Waals surface area contributed by atoms with E-state index < -0.39 is 0 Å². The first kappa shape index (κ1) is 33.2. The Morgan fingerprint density at radius 3 is 0.829 bits per heavy atom. The van der Waals surface area contributed by atoms with Crippen molar-refractivity contribution in [1.82, 2.24) is 0 Å². The van der Waals surface area contributed by atoms with Gasteiger partial charge in [0.25, 0.3) is 0 Å². The molecule has 0 aromatic carbocycles. The summed E-state index contributed by atoms with van der Waals surface area (Å²) >= 11 is 0. The molecule has 0 heterocycles. The molecule has 0 bridgehead atoms. The van der Waals surface area contributed by atoms with Crippen molar-refractivity contribution in [3.63, 3.8) is 0 Å². The molecular weight excluding hydrogens is 420 g/mol. The smallest absolute Gasteiger partial charge is 0.0288 e. The third-order valence-electron chi connectivity index (χ3n) is 6.60. The van der Waals surface area contributed by atoms with Crippen molar-refractivity contribution in [3.8, 4) is 0 Å². The van der Waals surface area contributed by atoms with Crippen LogP contribution in [0.15, 0.2) is 81.5 Å². The second-order valence-electron chi connectivity index (χ2n) is 10.8. The summed E-state index contributed by atoms with van der Waals surface area (Å²) in [7, 11) is 0. The Hall–Kier alpha value is -1.82. The van der Waals surface area contributed by atoms with Crippen molar-refractivity contribution < 1.29 is 0 Å². The zero-order valence-corrected chi connectivity index (χ0v) is 24.7. The van der Waals surface area contributed by atoms with E-state index in [1.807, 2.05) is 6.08 Å². The summed E-state index contributed by atoms with van der Waals surface area (Å²) in [5.41, 5.74) is 10.4. The van der Waals surface area contributed by atoms with Crippen LogP contribution >= 0.6 is 0 Å². The Labute approximate surface area is 220 Å². The Morgan fingerprint density at radius 1 is 0.371 bits per heavy atom. The molecule has 0 N–H and O–H groups in total. The Morgan fingerprint density at radius 2 is 0.600 bits per heavy atom. The van der Waals surface area contributed by atoms with Crippen LogP contribution in [-0.4, -0.2) is 0 Å². The molecule has 197 valence electrons. The first-order valence-electron chi connectivity index (χ1n) is 14.0. The third-order valence-corrected chi connectivity index (χ3v) is 6.60. The molecule has 0 aromatic heterocycles. The quantitative estimate of drug-likeness (QED) is 0.172. The van der Waals surface area contributed by atoms with Crippen LogP contribution in [0.2, 0.25) is 0 Å². The van der Waals surface area contributed by atoms with Crippen molar-refractivity contribution in [1.29, 1.82) is 0 Å². The molecule has 0 unspecified atom stereocenters. The normalized spacial score (nSPS) is 14.5.